The molecule has 108 valence electrons. The highest BCUT2D eigenvalue weighted by atomic mass is 19.2. The summed E-state index contributed by atoms with van der Waals surface area (Å²) in [7, 11) is 1.29. The quantitative estimate of drug-likeness (QED) is 0.906. The van der Waals surface area contributed by atoms with Gasteiger partial charge < -0.3 is 15.0 Å². The molecule has 1 atom stereocenters. The molecule has 1 unspecified atom stereocenters. The minimum absolute atomic E-state index is 0.0396. The lowest BCUT2D eigenvalue weighted by atomic mass is 10.00. The number of nitrogens with one attached hydrogen (secondary N) is 2. The number of fused-ring (bicyclic) bond motifs is 1. The molecule has 6 heteroatoms. The molecule has 1 aromatic heterocycles. The highest BCUT2D eigenvalue weighted by Gasteiger charge is 2.19. The molecule has 0 saturated heterocycles. The molecule has 2 N–H and O–H groups in total. The maximum absolute atomic E-state index is 13.9. The number of ether oxygens (including phenoxy) is 1. The number of methoxy groups -OCH3 is 1. The fourth-order valence-electron chi connectivity index (χ4n) is 2.16. The van der Waals surface area contributed by atoms with E-state index in [4.69, 9.17) is 4.74 Å². The monoisotopic (exact) mass is 282 g/mol. The number of carbonyl (C=O) groups is 1. The first-order valence-electron chi connectivity index (χ1n) is 6.23. The Morgan fingerprint density at radius 1 is 1.45 bits per heavy atom. The van der Waals surface area contributed by atoms with Gasteiger partial charge in [-0.05, 0) is 11.6 Å². The Morgan fingerprint density at radius 2 is 2.15 bits per heavy atom. The maximum Gasteiger partial charge on any atom is 0.216 e. The predicted octanol–water partition coefficient (Wildman–Crippen LogP) is 2.69. The molecular formula is C14H16F2N2O2. The van der Waals surface area contributed by atoms with Crippen LogP contribution in [0.4, 0.5) is 8.78 Å². The number of halogens is 2. The van der Waals surface area contributed by atoms with Crippen LogP contribution >= 0.6 is 0 Å². The first kappa shape index (κ1) is 14.3. The van der Waals surface area contributed by atoms with E-state index < -0.39 is 11.6 Å². The third-order valence-corrected chi connectivity index (χ3v) is 3.26. The molecule has 0 aliphatic heterocycles. The van der Waals surface area contributed by atoms with Gasteiger partial charge in [-0.1, -0.05) is 6.92 Å². The summed E-state index contributed by atoms with van der Waals surface area (Å²) in [5.74, 6) is -2.28. The normalized spacial score (nSPS) is 12.4. The molecule has 1 amide bonds. The topological polar surface area (TPSA) is 54.1 Å². The maximum atomic E-state index is 13.9. The van der Waals surface area contributed by atoms with Gasteiger partial charge in [0.25, 0.3) is 0 Å². The number of amides is 1. The van der Waals surface area contributed by atoms with Gasteiger partial charge in [-0.2, -0.15) is 4.39 Å². The SMILES string of the molecule is COc1cc2c(C(C)CNC(C)=O)c[nH]c2c(F)c1F. The van der Waals surface area contributed by atoms with Crippen molar-refractivity contribution in [2.45, 2.75) is 19.8 Å². The van der Waals surface area contributed by atoms with Gasteiger partial charge >= 0.3 is 0 Å². The number of carbonyl (C=O) groups excluding carboxylic acids is 1. The molecule has 0 radical (unpaired) electrons. The van der Waals surface area contributed by atoms with Crippen molar-refractivity contribution in [3.8, 4) is 5.75 Å². The first-order valence-corrected chi connectivity index (χ1v) is 6.23. The summed E-state index contributed by atoms with van der Waals surface area (Å²) < 4.78 is 32.3. The first-order chi connectivity index (χ1) is 9.45. The van der Waals surface area contributed by atoms with Crippen molar-refractivity contribution in [1.82, 2.24) is 10.3 Å². The number of hydrogen-bond acceptors (Lipinski definition) is 2. The fourth-order valence-corrected chi connectivity index (χ4v) is 2.16. The van der Waals surface area contributed by atoms with Crippen LogP contribution in [0.3, 0.4) is 0 Å². The minimum Gasteiger partial charge on any atom is -0.494 e. The second-order valence-corrected chi connectivity index (χ2v) is 4.71. The Labute approximate surface area is 115 Å². The zero-order valence-electron chi connectivity index (χ0n) is 11.5. The Bertz CT molecular complexity index is 652. The highest BCUT2D eigenvalue weighted by molar-refractivity contribution is 5.86. The van der Waals surface area contributed by atoms with E-state index in [-0.39, 0.29) is 23.1 Å². The standard InChI is InChI=1S/C14H16F2N2O2/c1-7(5-17-8(2)19)10-6-18-14-9(10)4-11(20-3)12(15)13(14)16/h4,6-7,18H,5H2,1-3H3,(H,17,19). The number of hydrogen-bond donors (Lipinski definition) is 2. The molecule has 0 saturated carbocycles. The van der Waals surface area contributed by atoms with E-state index in [1.807, 2.05) is 6.92 Å². The van der Waals surface area contributed by atoms with E-state index >= 15 is 0 Å². The third kappa shape index (κ3) is 2.45. The molecule has 0 aliphatic rings. The Hall–Kier alpha value is -2.11. The summed E-state index contributed by atoms with van der Waals surface area (Å²) >= 11 is 0. The lowest BCUT2D eigenvalue weighted by Gasteiger charge is -2.11. The molecule has 2 rings (SSSR count). The second-order valence-electron chi connectivity index (χ2n) is 4.71. The molecule has 0 aliphatic carbocycles. The van der Waals surface area contributed by atoms with Crippen LogP contribution in [0.15, 0.2) is 12.3 Å². The summed E-state index contributed by atoms with van der Waals surface area (Å²) in [6.07, 6.45) is 1.62. The van der Waals surface area contributed by atoms with Crippen molar-refractivity contribution in [1.29, 1.82) is 0 Å². The fraction of sp³-hybridized carbons (Fsp3) is 0.357. The average Bonchev–Trinajstić information content (AvgIpc) is 2.83. The van der Waals surface area contributed by atoms with Crippen LogP contribution in [0.2, 0.25) is 0 Å². The van der Waals surface area contributed by atoms with Gasteiger partial charge in [-0.15, -0.1) is 0 Å². The Morgan fingerprint density at radius 3 is 2.75 bits per heavy atom. The summed E-state index contributed by atoms with van der Waals surface area (Å²) in [5, 5.41) is 3.26. The average molecular weight is 282 g/mol. The van der Waals surface area contributed by atoms with Gasteiger partial charge in [0.05, 0.1) is 12.6 Å². The minimum atomic E-state index is -1.01. The molecule has 1 aromatic carbocycles. The van der Waals surface area contributed by atoms with Crippen LogP contribution in [0.1, 0.15) is 25.3 Å². The van der Waals surface area contributed by atoms with Gasteiger partial charge in [0.2, 0.25) is 11.7 Å². The van der Waals surface area contributed by atoms with E-state index in [1.54, 1.807) is 6.20 Å². The smallest absolute Gasteiger partial charge is 0.216 e. The van der Waals surface area contributed by atoms with Crippen molar-refractivity contribution in [2.24, 2.45) is 0 Å². The van der Waals surface area contributed by atoms with Crippen LogP contribution in [-0.4, -0.2) is 24.5 Å². The summed E-state index contributed by atoms with van der Waals surface area (Å²) in [6.45, 7) is 3.75. The molecular weight excluding hydrogens is 266 g/mol. The van der Waals surface area contributed by atoms with Crippen molar-refractivity contribution >= 4 is 16.8 Å². The summed E-state index contributed by atoms with van der Waals surface area (Å²) in [6, 6.07) is 1.46. The largest absolute Gasteiger partial charge is 0.494 e. The molecule has 1 heterocycles. The Kier molecular flexibility index (Phi) is 3.92. The zero-order chi connectivity index (χ0) is 14.9. The second kappa shape index (κ2) is 5.48. The van der Waals surface area contributed by atoms with Gasteiger partial charge in [0.1, 0.15) is 0 Å². The number of benzene rings is 1. The van der Waals surface area contributed by atoms with Crippen LogP contribution in [0, 0.1) is 11.6 Å². The van der Waals surface area contributed by atoms with E-state index in [2.05, 4.69) is 10.3 Å². The van der Waals surface area contributed by atoms with Crippen LogP contribution in [-0.2, 0) is 4.79 Å². The van der Waals surface area contributed by atoms with Gasteiger partial charge in [0, 0.05) is 31.0 Å². The Balaban J connectivity index is 2.45. The van der Waals surface area contributed by atoms with Gasteiger partial charge in [0.15, 0.2) is 11.6 Å². The third-order valence-electron chi connectivity index (χ3n) is 3.26. The molecule has 20 heavy (non-hydrogen) atoms. The lowest BCUT2D eigenvalue weighted by Crippen LogP contribution is -2.24. The molecule has 0 spiro atoms. The van der Waals surface area contributed by atoms with Crippen molar-refractivity contribution in [3.63, 3.8) is 0 Å². The van der Waals surface area contributed by atoms with Crippen LogP contribution < -0.4 is 10.1 Å². The van der Waals surface area contributed by atoms with Gasteiger partial charge in [-0.25, -0.2) is 4.39 Å². The lowest BCUT2D eigenvalue weighted by molar-refractivity contribution is -0.119. The van der Waals surface area contributed by atoms with Crippen molar-refractivity contribution < 1.29 is 18.3 Å². The van der Waals surface area contributed by atoms with E-state index in [0.29, 0.717) is 11.9 Å². The summed E-state index contributed by atoms with van der Waals surface area (Å²) in [4.78, 5) is 13.7. The number of H-pyrrole nitrogens is 1. The number of aromatic amines is 1. The number of aromatic nitrogens is 1. The predicted molar refractivity (Wildman–Crippen MR) is 71.9 cm³/mol. The molecule has 4 nitrogen and oxygen atoms in total. The van der Waals surface area contributed by atoms with Crippen LogP contribution in [0.5, 0.6) is 5.75 Å². The van der Waals surface area contributed by atoms with Crippen molar-refractivity contribution in [3.05, 3.63) is 29.5 Å². The molecule has 0 bridgehead atoms. The van der Waals surface area contributed by atoms with Crippen molar-refractivity contribution in [2.75, 3.05) is 13.7 Å². The van der Waals surface area contributed by atoms with E-state index in [0.717, 1.165) is 5.56 Å². The van der Waals surface area contributed by atoms with E-state index in [1.165, 1.54) is 20.1 Å². The highest BCUT2D eigenvalue weighted by Crippen LogP contribution is 2.32. The molecule has 0 fully saturated rings. The molecule has 2 aromatic rings. The summed E-state index contributed by atoms with van der Waals surface area (Å²) in [5.41, 5.74) is 0.902. The number of rotatable bonds is 4. The van der Waals surface area contributed by atoms with Gasteiger partial charge in [-0.3, -0.25) is 4.79 Å². The van der Waals surface area contributed by atoms with E-state index in [9.17, 15) is 13.6 Å². The van der Waals surface area contributed by atoms with Crippen LogP contribution in [0.25, 0.3) is 10.9 Å². The zero-order valence-corrected chi connectivity index (χ0v) is 11.5.